The van der Waals surface area contributed by atoms with Gasteiger partial charge in [0.2, 0.25) is 5.91 Å². The zero-order valence-electron chi connectivity index (χ0n) is 17.2. The van der Waals surface area contributed by atoms with Crippen molar-refractivity contribution in [3.05, 3.63) is 78.5 Å². The molecule has 2 aromatic heterocycles. The van der Waals surface area contributed by atoms with Gasteiger partial charge in [-0.1, -0.05) is 48.5 Å². The Labute approximate surface area is 175 Å². The number of benzene rings is 2. The van der Waals surface area contributed by atoms with Crippen LogP contribution in [-0.2, 0) is 11.3 Å². The fourth-order valence-corrected chi connectivity index (χ4v) is 3.61. The van der Waals surface area contributed by atoms with Crippen LogP contribution in [0, 0.1) is 0 Å². The number of nitrogens with zero attached hydrogens (tertiary/aromatic N) is 3. The molecule has 0 N–H and O–H groups in total. The quantitative estimate of drug-likeness (QED) is 0.475. The van der Waals surface area contributed by atoms with Gasteiger partial charge in [0.05, 0.1) is 20.8 Å². The van der Waals surface area contributed by atoms with Crippen molar-refractivity contribution in [3.63, 3.8) is 0 Å². The molecular formula is C24H23N3O3. The van der Waals surface area contributed by atoms with Gasteiger partial charge in [-0.05, 0) is 18.2 Å². The molecule has 0 spiro atoms. The van der Waals surface area contributed by atoms with Crippen molar-refractivity contribution in [1.82, 2.24) is 9.38 Å². The first kappa shape index (κ1) is 19.5. The van der Waals surface area contributed by atoms with Crippen molar-refractivity contribution in [2.75, 3.05) is 19.1 Å². The van der Waals surface area contributed by atoms with Crippen LogP contribution in [0.5, 0.6) is 11.5 Å². The number of anilines is 1. The molecule has 1 amide bonds. The standard InChI is InChI=1S/C24H23N3O3/c1-17(28)27(16-19-12-9-13-20(29-2)23(19)30-3)24-22(18-10-5-4-6-11-18)25-21-14-7-8-15-26(21)24/h4-15H,16H2,1-3H3. The Kier molecular flexibility index (Phi) is 5.39. The van der Waals surface area contributed by atoms with E-state index in [1.165, 1.54) is 0 Å². The third kappa shape index (κ3) is 3.48. The molecule has 6 nitrogen and oxygen atoms in total. The predicted octanol–water partition coefficient (Wildman–Crippen LogP) is 4.57. The Hall–Kier alpha value is -3.80. The van der Waals surface area contributed by atoms with Crippen LogP contribution in [-0.4, -0.2) is 29.5 Å². The topological polar surface area (TPSA) is 56.1 Å². The summed E-state index contributed by atoms with van der Waals surface area (Å²) in [6.07, 6.45) is 1.92. The third-order valence-corrected chi connectivity index (χ3v) is 5.00. The van der Waals surface area contributed by atoms with Gasteiger partial charge < -0.3 is 9.47 Å². The highest BCUT2D eigenvalue weighted by Gasteiger charge is 2.24. The second-order valence-electron chi connectivity index (χ2n) is 6.84. The molecule has 30 heavy (non-hydrogen) atoms. The van der Waals surface area contributed by atoms with E-state index in [0.29, 0.717) is 23.9 Å². The first-order valence-corrected chi connectivity index (χ1v) is 9.64. The number of para-hydroxylation sites is 1. The Morgan fingerprint density at radius 1 is 0.967 bits per heavy atom. The van der Waals surface area contributed by atoms with Crippen LogP contribution in [0.2, 0.25) is 0 Å². The van der Waals surface area contributed by atoms with E-state index >= 15 is 0 Å². The summed E-state index contributed by atoms with van der Waals surface area (Å²) in [4.78, 5) is 19.4. The number of hydrogen-bond acceptors (Lipinski definition) is 4. The number of ether oxygens (including phenoxy) is 2. The second-order valence-corrected chi connectivity index (χ2v) is 6.84. The van der Waals surface area contributed by atoms with Crippen molar-refractivity contribution in [2.24, 2.45) is 0 Å². The molecular weight excluding hydrogens is 378 g/mol. The summed E-state index contributed by atoms with van der Waals surface area (Å²) in [6, 6.07) is 21.3. The number of rotatable bonds is 6. The minimum absolute atomic E-state index is 0.0947. The number of amides is 1. The smallest absolute Gasteiger partial charge is 0.225 e. The average molecular weight is 401 g/mol. The van der Waals surface area contributed by atoms with Gasteiger partial charge in [0.1, 0.15) is 17.2 Å². The molecule has 0 aliphatic rings. The van der Waals surface area contributed by atoms with Crippen molar-refractivity contribution < 1.29 is 14.3 Å². The normalized spacial score (nSPS) is 10.8. The van der Waals surface area contributed by atoms with Crippen molar-refractivity contribution >= 4 is 17.4 Å². The van der Waals surface area contributed by atoms with Crippen LogP contribution in [0.25, 0.3) is 16.9 Å². The minimum atomic E-state index is -0.0947. The van der Waals surface area contributed by atoms with Gasteiger partial charge in [-0.2, -0.15) is 0 Å². The molecule has 0 radical (unpaired) electrons. The lowest BCUT2D eigenvalue weighted by Crippen LogP contribution is -2.29. The lowest BCUT2D eigenvalue weighted by molar-refractivity contribution is -0.116. The summed E-state index contributed by atoms with van der Waals surface area (Å²) in [7, 11) is 3.20. The van der Waals surface area contributed by atoms with Crippen molar-refractivity contribution in [3.8, 4) is 22.8 Å². The van der Waals surface area contributed by atoms with Gasteiger partial charge in [0.15, 0.2) is 11.5 Å². The Balaban J connectivity index is 1.90. The number of pyridine rings is 1. The van der Waals surface area contributed by atoms with Gasteiger partial charge in [-0.3, -0.25) is 14.1 Å². The molecule has 0 saturated carbocycles. The number of fused-ring (bicyclic) bond motifs is 1. The molecule has 2 heterocycles. The Morgan fingerprint density at radius 3 is 2.43 bits per heavy atom. The largest absolute Gasteiger partial charge is 0.493 e. The number of carbonyl (C=O) groups is 1. The summed E-state index contributed by atoms with van der Waals surface area (Å²) in [5.41, 5.74) is 3.31. The number of hydrogen-bond donors (Lipinski definition) is 0. The maximum absolute atomic E-state index is 12.8. The van der Waals surface area contributed by atoms with E-state index in [-0.39, 0.29) is 5.91 Å². The highest BCUT2D eigenvalue weighted by Crippen LogP contribution is 2.36. The molecule has 4 aromatic rings. The summed E-state index contributed by atoms with van der Waals surface area (Å²) in [6.45, 7) is 1.88. The number of imidazole rings is 1. The van der Waals surface area contributed by atoms with Gasteiger partial charge in [0, 0.05) is 24.2 Å². The molecule has 0 aliphatic heterocycles. The summed E-state index contributed by atoms with van der Waals surface area (Å²) < 4.78 is 13.0. The molecule has 0 bridgehead atoms. The number of aromatic nitrogens is 2. The molecule has 2 aromatic carbocycles. The molecule has 0 unspecified atom stereocenters. The fraction of sp³-hybridized carbons (Fsp3) is 0.167. The van der Waals surface area contributed by atoms with E-state index in [4.69, 9.17) is 14.5 Å². The predicted molar refractivity (Wildman–Crippen MR) is 117 cm³/mol. The second kappa shape index (κ2) is 8.29. The molecule has 4 rings (SSSR count). The molecule has 152 valence electrons. The summed E-state index contributed by atoms with van der Waals surface area (Å²) in [5.74, 6) is 1.86. The minimum Gasteiger partial charge on any atom is -0.493 e. The Morgan fingerprint density at radius 2 is 1.73 bits per heavy atom. The van der Waals surface area contributed by atoms with E-state index in [1.807, 2.05) is 77.3 Å². The number of methoxy groups -OCH3 is 2. The molecule has 0 fully saturated rings. The molecule has 0 saturated heterocycles. The molecule has 0 atom stereocenters. The monoisotopic (exact) mass is 401 g/mol. The zero-order valence-corrected chi connectivity index (χ0v) is 17.2. The fourth-order valence-electron chi connectivity index (χ4n) is 3.61. The van der Waals surface area contributed by atoms with Gasteiger partial charge in [-0.15, -0.1) is 0 Å². The van der Waals surface area contributed by atoms with Crippen molar-refractivity contribution in [1.29, 1.82) is 0 Å². The van der Waals surface area contributed by atoms with E-state index in [2.05, 4.69) is 0 Å². The van der Waals surface area contributed by atoms with Gasteiger partial charge >= 0.3 is 0 Å². The van der Waals surface area contributed by atoms with Crippen LogP contribution >= 0.6 is 0 Å². The average Bonchev–Trinajstić information content (AvgIpc) is 3.16. The first-order valence-electron chi connectivity index (χ1n) is 9.64. The summed E-state index contributed by atoms with van der Waals surface area (Å²) in [5, 5.41) is 0. The van der Waals surface area contributed by atoms with Gasteiger partial charge in [0.25, 0.3) is 0 Å². The SMILES string of the molecule is COc1cccc(CN(C(C)=O)c2c(-c3ccccc3)nc3ccccn23)c1OC. The van der Waals surface area contributed by atoms with Crippen LogP contribution in [0.15, 0.2) is 72.9 Å². The van der Waals surface area contributed by atoms with E-state index in [9.17, 15) is 4.79 Å². The van der Waals surface area contributed by atoms with Crippen LogP contribution in [0.4, 0.5) is 5.82 Å². The number of carbonyl (C=O) groups excluding carboxylic acids is 1. The van der Waals surface area contributed by atoms with Crippen molar-refractivity contribution in [2.45, 2.75) is 13.5 Å². The highest BCUT2D eigenvalue weighted by molar-refractivity contribution is 5.95. The zero-order chi connectivity index (χ0) is 21.1. The van der Waals surface area contributed by atoms with E-state index in [0.717, 1.165) is 22.5 Å². The molecule has 0 aliphatic carbocycles. The Bertz CT molecular complexity index is 1190. The van der Waals surface area contributed by atoms with Crippen LogP contribution < -0.4 is 14.4 Å². The van der Waals surface area contributed by atoms with Gasteiger partial charge in [-0.25, -0.2) is 4.98 Å². The molecule has 6 heteroatoms. The lowest BCUT2D eigenvalue weighted by Gasteiger charge is -2.23. The third-order valence-electron chi connectivity index (χ3n) is 5.00. The van der Waals surface area contributed by atoms with Crippen LogP contribution in [0.1, 0.15) is 12.5 Å². The van der Waals surface area contributed by atoms with Crippen LogP contribution in [0.3, 0.4) is 0 Å². The maximum atomic E-state index is 12.8. The highest BCUT2D eigenvalue weighted by atomic mass is 16.5. The summed E-state index contributed by atoms with van der Waals surface area (Å²) >= 11 is 0. The van der Waals surface area contributed by atoms with E-state index < -0.39 is 0 Å². The lowest BCUT2D eigenvalue weighted by atomic mass is 10.1. The van der Waals surface area contributed by atoms with E-state index in [1.54, 1.807) is 26.0 Å². The first-order chi connectivity index (χ1) is 14.6. The maximum Gasteiger partial charge on any atom is 0.225 e.